The van der Waals surface area contributed by atoms with Crippen LogP contribution in [0, 0.1) is 0 Å². The highest BCUT2D eigenvalue weighted by atomic mass is 19.4. The lowest BCUT2D eigenvalue weighted by atomic mass is 10.2. The number of carbonyl (C=O) groups is 1. The van der Waals surface area contributed by atoms with Crippen molar-refractivity contribution in [3.63, 3.8) is 0 Å². The molecule has 15 heavy (non-hydrogen) atoms. The first-order chi connectivity index (χ1) is 6.95. The van der Waals surface area contributed by atoms with Crippen LogP contribution < -0.4 is 10.6 Å². The number of urea groups is 1. The first-order valence-electron chi connectivity index (χ1n) is 3.81. The number of amides is 2. The number of nitrogens with one attached hydrogen (secondary N) is 2. The average Bonchev–Trinajstić information content (AvgIpc) is 2.17. The van der Waals surface area contributed by atoms with Crippen LogP contribution in [-0.2, 0) is 6.18 Å². The molecule has 0 spiro atoms. The van der Waals surface area contributed by atoms with E-state index in [4.69, 9.17) is 0 Å². The highest BCUT2D eigenvalue weighted by Crippen LogP contribution is 2.33. The van der Waals surface area contributed by atoms with Gasteiger partial charge in [-0.15, -0.1) is 0 Å². The SMILES string of the molecule is CNC(=O)Nc1cnncc1C(F)(F)F. The molecule has 1 aromatic heterocycles. The molecule has 1 aromatic rings. The van der Waals surface area contributed by atoms with E-state index in [0.717, 1.165) is 6.20 Å². The third-order valence-electron chi connectivity index (χ3n) is 1.51. The second kappa shape index (κ2) is 4.11. The normalized spacial score (nSPS) is 10.9. The van der Waals surface area contributed by atoms with Gasteiger partial charge in [0.05, 0.1) is 18.1 Å². The summed E-state index contributed by atoms with van der Waals surface area (Å²) in [6.07, 6.45) is -3.20. The number of nitrogens with zero attached hydrogens (tertiary/aromatic N) is 2. The molecule has 0 saturated carbocycles. The Hall–Kier alpha value is -1.86. The molecule has 8 heteroatoms. The molecule has 0 fully saturated rings. The first-order valence-corrected chi connectivity index (χ1v) is 3.81. The Morgan fingerprint density at radius 1 is 1.33 bits per heavy atom. The molecule has 0 unspecified atom stereocenters. The Morgan fingerprint density at radius 2 is 1.93 bits per heavy atom. The van der Waals surface area contributed by atoms with Crippen LogP contribution in [0.25, 0.3) is 0 Å². The van der Waals surface area contributed by atoms with Gasteiger partial charge in [0.2, 0.25) is 0 Å². The predicted molar refractivity (Wildman–Crippen MR) is 45.1 cm³/mol. The van der Waals surface area contributed by atoms with Gasteiger partial charge in [0, 0.05) is 7.05 Å². The fourth-order valence-corrected chi connectivity index (χ4v) is 0.832. The summed E-state index contributed by atoms with van der Waals surface area (Å²) < 4.78 is 37.1. The second-order valence-electron chi connectivity index (χ2n) is 2.52. The molecule has 1 rings (SSSR count). The first kappa shape index (κ1) is 11.2. The number of anilines is 1. The largest absolute Gasteiger partial charge is 0.420 e. The Kier molecular flexibility index (Phi) is 3.08. The molecule has 82 valence electrons. The number of rotatable bonds is 1. The third-order valence-corrected chi connectivity index (χ3v) is 1.51. The minimum atomic E-state index is -4.58. The van der Waals surface area contributed by atoms with Crippen LogP contribution in [-0.4, -0.2) is 23.3 Å². The molecule has 0 aliphatic rings. The van der Waals surface area contributed by atoms with Crippen molar-refractivity contribution in [3.05, 3.63) is 18.0 Å². The predicted octanol–water partition coefficient (Wildman–Crippen LogP) is 1.25. The van der Waals surface area contributed by atoms with Gasteiger partial charge in [0.15, 0.2) is 0 Å². The number of aromatic nitrogens is 2. The lowest BCUT2D eigenvalue weighted by Crippen LogP contribution is -2.26. The molecule has 0 aliphatic heterocycles. The maximum Gasteiger partial charge on any atom is 0.420 e. The van der Waals surface area contributed by atoms with Gasteiger partial charge in [-0.05, 0) is 0 Å². The summed E-state index contributed by atoms with van der Waals surface area (Å²) >= 11 is 0. The van der Waals surface area contributed by atoms with Gasteiger partial charge in [-0.2, -0.15) is 23.4 Å². The Bertz CT molecular complexity index is 365. The van der Waals surface area contributed by atoms with Crippen molar-refractivity contribution in [2.24, 2.45) is 0 Å². The molecule has 2 N–H and O–H groups in total. The van der Waals surface area contributed by atoms with Crippen molar-refractivity contribution >= 4 is 11.7 Å². The zero-order chi connectivity index (χ0) is 11.5. The van der Waals surface area contributed by atoms with Gasteiger partial charge in [-0.3, -0.25) is 0 Å². The van der Waals surface area contributed by atoms with Crippen molar-refractivity contribution in [2.75, 3.05) is 12.4 Å². The summed E-state index contributed by atoms with van der Waals surface area (Å²) in [5, 5.41) is 10.5. The van der Waals surface area contributed by atoms with E-state index in [9.17, 15) is 18.0 Å². The van der Waals surface area contributed by atoms with E-state index in [0.29, 0.717) is 6.20 Å². The lowest BCUT2D eigenvalue weighted by molar-refractivity contribution is -0.137. The van der Waals surface area contributed by atoms with E-state index in [1.165, 1.54) is 7.05 Å². The molecule has 0 bridgehead atoms. The maximum absolute atomic E-state index is 12.4. The second-order valence-corrected chi connectivity index (χ2v) is 2.52. The van der Waals surface area contributed by atoms with Crippen molar-refractivity contribution in [1.29, 1.82) is 0 Å². The van der Waals surface area contributed by atoms with Crippen molar-refractivity contribution in [1.82, 2.24) is 15.5 Å². The minimum Gasteiger partial charge on any atom is -0.341 e. The Labute approximate surface area is 82.7 Å². The molecule has 0 saturated heterocycles. The van der Waals surface area contributed by atoms with Gasteiger partial charge in [0.25, 0.3) is 0 Å². The monoisotopic (exact) mass is 220 g/mol. The van der Waals surface area contributed by atoms with Crippen LogP contribution in [0.1, 0.15) is 5.56 Å². The molecule has 5 nitrogen and oxygen atoms in total. The number of halogens is 3. The molecular formula is C7H7F3N4O. The van der Waals surface area contributed by atoms with Crippen LogP contribution in [0.5, 0.6) is 0 Å². The molecule has 2 amide bonds. The van der Waals surface area contributed by atoms with E-state index >= 15 is 0 Å². The summed E-state index contributed by atoms with van der Waals surface area (Å²) in [4.78, 5) is 10.8. The van der Waals surface area contributed by atoms with E-state index < -0.39 is 23.5 Å². The van der Waals surface area contributed by atoms with Crippen LogP contribution in [0.2, 0.25) is 0 Å². The van der Waals surface area contributed by atoms with Crippen molar-refractivity contribution in [2.45, 2.75) is 6.18 Å². The van der Waals surface area contributed by atoms with Gasteiger partial charge < -0.3 is 10.6 Å². The Morgan fingerprint density at radius 3 is 2.47 bits per heavy atom. The topological polar surface area (TPSA) is 66.9 Å². The summed E-state index contributed by atoms with van der Waals surface area (Å²) in [5.41, 5.74) is -1.47. The van der Waals surface area contributed by atoms with Crippen LogP contribution in [0.3, 0.4) is 0 Å². The minimum absolute atomic E-state index is 0.433. The molecular weight excluding hydrogens is 213 g/mol. The zero-order valence-corrected chi connectivity index (χ0v) is 7.59. The van der Waals surface area contributed by atoms with Crippen LogP contribution in [0.15, 0.2) is 12.4 Å². The fourth-order valence-electron chi connectivity index (χ4n) is 0.832. The van der Waals surface area contributed by atoms with Gasteiger partial charge in [-0.25, -0.2) is 4.79 Å². The van der Waals surface area contributed by atoms with Crippen molar-refractivity contribution in [3.8, 4) is 0 Å². The maximum atomic E-state index is 12.4. The molecule has 0 atom stereocenters. The quantitative estimate of drug-likeness (QED) is 0.748. The summed E-state index contributed by atoms with van der Waals surface area (Å²) in [6, 6.07) is -0.756. The van der Waals surface area contributed by atoms with Gasteiger partial charge in [0.1, 0.15) is 5.56 Å². The van der Waals surface area contributed by atoms with Crippen LogP contribution in [0.4, 0.5) is 23.7 Å². The number of carbonyl (C=O) groups excluding carboxylic acids is 1. The third kappa shape index (κ3) is 2.79. The molecule has 0 radical (unpaired) electrons. The van der Waals surface area contributed by atoms with Gasteiger partial charge in [-0.1, -0.05) is 0 Å². The lowest BCUT2D eigenvalue weighted by Gasteiger charge is -2.11. The Balaban J connectivity index is 3.02. The van der Waals surface area contributed by atoms with Crippen molar-refractivity contribution < 1.29 is 18.0 Å². The standard InChI is InChI=1S/C7H7F3N4O/c1-11-6(15)14-5-3-13-12-2-4(5)7(8,9)10/h2-3H,1H3,(H2,11,12,14,15). The van der Waals surface area contributed by atoms with E-state index in [2.05, 4.69) is 15.5 Å². The highest BCUT2D eigenvalue weighted by Gasteiger charge is 2.34. The van der Waals surface area contributed by atoms with E-state index in [1.54, 1.807) is 0 Å². The summed E-state index contributed by atoms with van der Waals surface area (Å²) in [6.45, 7) is 0. The highest BCUT2D eigenvalue weighted by molar-refractivity contribution is 5.89. The number of hydrogen-bond donors (Lipinski definition) is 2. The molecule has 1 heterocycles. The smallest absolute Gasteiger partial charge is 0.341 e. The summed E-state index contributed by atoms with van der Waals surface area (Å²) in [7, 11) is 1.29. The van der Waals surface area contributed by atoms with Crippen LogP contribution >= 0.6 is 0 Å². The fraction of sp³-hybridized carbons (Fsp3) is 0.286. The summed E-state index contributed by atoms with van der Waals surface area (Å²) in [5.74, 6) is 0. The zero-order valence-electron chi connectivity index (χ0n) is 7.59. The molecule has 0 aromatic carbocycles. The van der Waals surface area contributed by atoms with Gasteiger partial charge >= 0.3 is 12.2 Å². The number of hydrogen-bond acceptors (Lipinski definition) is 3. The average molecular weight is 220 g/mol. The molecule has 0 aliphatic carbocycles. The van der Waals surface area contributed by atoms with E-state index in [1.807, 2.05) is 5.32 Å². The van der Waals surface area contributed by atoms with E-state index in [-0.39, 0.29) is 0 Å². The number of alkyl halides is 3.